The normalized spacial score (nSPS) is 12.7. The third kappa shape index (κ3) is 3.97. The first-order chi connectivity index (χ1) is 13.9. The molecule has 3 aromatic carbocycles. The molecule has 0 aliphatic rings. The van der Waals surface area contributed by atoms with E-state index in [1.165, 1.54) is 12.1 Å². The molecule has 0 aliphatic carbocycles. The minimum absolute atomic E-state index is 0.0481. The lowest BCUT2D eigenvalue weighted by Crippen LogP contribution is -2.53. The monoisotopic (exact) mass is 429 g/mol. The van der Waals surface area contributed by atoms with Crippen LogP contribution in [0, 0.1) is 5.82 Å². The second-order valence-corrected chi connectivity index (χ2v) is 6.47. The van der Waals surface area contributed by atoms with Gasteiger partial charge in [0.05, 0.1) is 0 Å². The Bertz CT molecular complexity index is 998. The third-order valence-corrected chi connectivity index (χ3v) is 4.47. The van der Waals surface area contributed by atoms with Gasteiger partial charge in [0, 0.05) is 22.5 Å². The van der Waals surface area contributed by atoms with Crippen LogP contribution in [0.2, 0.25) is 0 Å². The van der Waals surface area contributed by atoms with Crippen molar-refractivity contribution in [2.24, 2.45) is 0 Å². The Hall–Kier alpha value is -3.07. The second-order valence-electron chi connectivity index (χ2n) is 6.47. The summed E-state index contributed by atoms with van der Waals surface area (Å²) < 4.78 is 92.2. The molecule has 0 amide bonds. The van der Waals surface area contributed by atoms with Crippen LogP contribution in [0.25, 0.3) is 11.1 Å². The Morgan fingerprint density at radius 3 is 1.70 bits per heavy atom. The lowest BCUT2D eigenvalue weighted by atomic mass is 9.90. The number of benzene rings is 3. The highest BCUT2D eigenvalue weighted by molar-refractivity contribution is 5.69. The van der Waals surface area contributed by atoms with Crippen LogP contribution in [-0.4, -0.2) is 17.5 Å². The van der Waals surface area contributed by atoms with Crippen molar-refractivity contribution in [3.8, 4) is 11.1 Å². The Kier molecular flexibility index (Phi) is 5.51. The lowest BCUT2D eigenvalue weighted by molar-refractivity contribution is -0.376. The molecule has 0 saturated carbocycles. The number of aliphatic hydroxyl groups is 1. The predicted octanol–water partition coefficient (Wildman–Crippen LogP) is 6.55. The molecule has 0 saturated heterocycles. The van der Waals surface area contributed by atoms with Crippen molar-refractivity contribution in [2.75, 3.05) is 5.32 Å². The predicted molar refractivity (Wildman–Crippen MR) is 97.6 cm³/mol. The number of para-hydroxylation sites is 1. The number of nitrogens with one attached hydrogen (secondary N) is 1. The zero-order chi connectivity index (χ0) is 22.2. The standard InChI is InChI=1S/C21H14F7NO/c22-18-12-14(19(30,20(23,24)25)21(26,27)28)8-11-17(18)13-6-9-16(10-7-13)29-15-4-2-1-3-5-15/h1-12,29-30H. The minimum Gasteiger partial charge on any atom is -0.369 e. The summed E-state index contributed by atoms with van der Waals surface area (Å²) in [6, 6.07) is 16.4. The molecule has 0 unspecified atom stereocenters. The topological polar surface area (TPSA) is 32.3 Å². The fourth-order valence-electron chi connectivity index (χ4n) is 2.88. The molecule has 0 spiro atoms. The number of hydrogen-bond donors (Lipinski definition) is 2. The van der Waals surface area contributed by atoms with Gasteiger partial charge in [-0.1, -0.05) is 42.5 Å². The molecule has 0 heterocycles. The molecule has 3 aromatic rings. The zero-order valence-electron chi connectivity index (χ0n) is 15.0. The van der Waals surface area contributed by atoms with Crippen molar-refractivity contribution in [1.29, 1.82) is 0 Å². The Morgan fingerprint density at radius 1 is 0.667 bits per heavy atom. The largest absolute Gasteiger partial charge is 0.430 e. The summed E-state index contributed by atoms with van der Waals surface area (Å²) in [7, 11) is 0. The first-order valence-corrected chi connectivity index (χ1v) is 8.52. The molecular formula is C21H14F7NO. The van der Waals surface area contributed by atoms with Gasteiger partial charge in [-0.15, -0.1) is 0 Å². The average molecular weight is 429 g/mol. The van der Waals surface area contributed by atoms with Crippen molar-refractivity contribution in [2.45, 2.75) is 18.0 Å². The maximum atomic E-state index is 14.4. The Balaban J connectivity index is 1.92. The van der Waals surface area contributed by atoms with Crippen molar-refractivity contribution in [3.05, 3.63) is 84.2 Å². The first kappa shape index (κ1) is 21.6. The summed E-state index contributed by atoms with van der Waals surface area (Å²) in [4.78, 5) is 0. The van der Waals surface area contributed by atoms with Crippen molar-refractivity contribution in [1.82, 2.24) is 0 Å². The highest BCUT2D eigenvalue weighted by atomic mass is 19.4. The number of rotatable bonds is 4. The van der Waals surface area contributed by atoms with Crippen molar-refractivity contribution < 1.29 is 35.8 Å². The van der Waals surface area contributed by atoms with Gasteiger partial charge in [0.1, 0.15) is 5.82 Å². The third-order valence-electron chi connectivity index (χ3n) is 4.47. The van der Waals surface area contributed by atoms with Gasteiger partial charge in [-0.3, -0.25) is 0 Å². The molecule has 0 radical (unpaired) electrons. The fourth-order valence-corrected chi connectivity index (χ4v) is 2.88. The molecular weight excluding hydrogens is 415 g/mol. The van der Waals surface area contributed by atoms with Crippen LogP contribution < -0.4 is 5.32 Å². The van der Waals surface area contributed by atoms with E-state index in [1.54, 1.807) is 12.1 Å². The van der Waals surface area contributed by atoms with Crippen LogP contribution in [0.3, 0.4) is 0 Å². The van der Waals surface area contributed by atoms with Crippen molar-refractivity contribution in [3.63, 3.8) is 0 Å². The Morgan fingerprint density at radius 2 is 1.20 bits per heavy atom. The number of anilines is 2. The maximum Gasteiger partial charge on any atom is 0.430 e. The SMILES string of the molecule is OC(c1ccc(-c2ccc(Nc3ccccc3)cc2)c(F)c1)(C(F)(F)F)C(F)(F)F. The van der Waals surface area contributed by atoms with E-state index in [-0.39, 0.29) is 17.2 Å². The fraction of sp³-hybridized carbons (Fsp3) is 0.143. The molecule has 2 nitrogen and oxygen atoms in total. The van der Waals surface area contributed by atoms with Gasteiger partial charge >= 0.3 is 12.4 Å². The van der Waals surface area contributed by atoms with Crippen LogP contribution in [0.5, 0.6) is 0 Å². The van der Waals surface area contributed by atoms with E-state index in [2.05, 4.69) is 5.32 Å². The van der Waals surface area contributed by atoms with Gasteiger partial charge in [0.15, 0.2) is 0 Å². The summed E-state index contributed by atoms with van der Waals surface area (Å²) in [5.74, 6) is -1.33. The minimum atomic E-state index is -6.08. The first-order valence-electron chi connectivity index (χ1n) is 8.52. The molecule has 30 heavy (non-hydrogen) atoms. The van der Waals surface area contributed by atoms with Gasteiger partial charge in [0.25, 0.3) is 5.60 Å². The number of alkyl halides is 6. The van der Waals surface area contributed by atoms with Gasteiger partial charge in [-0.2, -0.15) is 26.3 Å². The van der Waals surface area contributed by atoms with Crippen LogP contribution in [0.1, 0.15) is 5.56 Å². The zero-order valence-corrected chi connectivity index (χ0v) is 15.0. The number of halogens is 7. The van der Waals surface area contributed by atoms with E-state index in [0.29, 0.717) is 11.8 Å². The van der Waals surface area contributed by atoms with Crippen LogP contribution in [0.4, 0.5) is 42.1 Å². The quantitative estimate of drug-likeness (QED) is 0.461. The highest BCUT2D eigenvalue weighted by Gasteiger charge is 2.71. The smallest absolute Gasteiger partial charge is 0.369 e. The van der Waals surface area contributed by atoms with Gasteiger partial charge in [-0.25, -0.2) is 4.39 Å². The molecule has 0 fully saturated rings. The van der Waals surface area contributed by atoms with E-state index in [9.17, 15) is 35.8 Å². The summed E-state index contributed by atoms with van der Waals surface area (Å²) in [6.45, 7) is 0. The summed E-state index contributed by atoms with van der Waals surface area (Å²) in [5, 5.41) is 12.5. The molecule has 9 heteroatoms. The van der Waals surface area contributed by atoms with Gasteiger partial charge < -0.3 is 10.4 Å². The molecule has 0 atom stereocenters. The van der Waals surface area contributed by atoms with Crippen LogP contribution in [-0.2, 0) is 5.60 Å². The molecule has 3 rings (SSSR count). The Labute approximate surface area is 166 Å². The van der Waals surface area contributed by atoms with Gasteiger partial charge in [0.2, 0.25) is 0 Å². The highest BCUT2D eigenvalue weighted by Crippen LogP contribution is 2.50. The summed E-state index contributed by atoms with van der Waals surface area (Å²) in [6.07, 6.45) is -12.2. The van der Waals surface area contributed by atoms with Gasteiger partial charge in [-0.05, 0) is 35.9 Å². The van der Waals surface area contributed by atoms with Crippen LogP contribution >= 0.6 is 0 Å². The van der Waals surface area contributed by atoms with E-state index in [0.717, 1.165) is 11.8 Å². The number of hydrogen-bond acceptors (Lipinski definition) is 2. The van der Waals surface area contributed by atoms with E-state index in [1.807, 2.05) is 30.3 Å². The second kappa shape index (κ2) is 7.64. The molecule has 2 N–H and O–H groups in total. The summed E-state index contributed by atoms with van der Waals surface area (Å²) >= 11 is 0. The van der Waals surface area contributed by atoms with E-state index in [4.69, 9.17) is 0 Å². The molecule has 0 aromatic heterocycles. The molecule has 0 aliphatic heterocycles. The average Bonchev–Trinajstić information content (AvgIpc) is 2.67. The maximum absolute atomic E-state index is 14.4. The van der Waals surface area contributed by atoms with Crippen molar-refractivity contribution >= 4 is 11.4 Å². The molecule has 0 bridgehead atoms. The lowest BCUT2D eigenvalue weighted by Gasteiger charge is -2.32. The summed E-state index contributed by atoms with van der Waals surface area (Å²) in [5.41, 5.74) is -5.36. The van der Waals surface area contributed by atoms with E-state index < -0.39 is 29.3 Å². The van der Waals surface area contributed by atoms with E-state index >= 15 is 0 Å². The molecule has 158 valence electrons. The van der Waals surface area contributed by atoms with Crippen LogP contribution in [0.15, 0.2) is 72.8 Å².